The van der Waals surface area contributed by atoms with Gasteiger partial charge in [0.05, 0.1) is 12.6 Å². The van der Waals surface area contributed by atoms with E-state index in [1.807, 2.05) is 0 Å². The third-order valence-electron chi connectivity index (χ3n) is 2.00. The topological polar surface area (TPSA) is 52.5 Å². The molecule has 1 aliphatic rings. The summed E-state index contributed by atoms with van der Waals surface area (Å²) in [6, 6.07) is -3.64. The van der Waals surface area contributed by atoms with E-state index < -0.39 is 37.1 Å². The zero-order valence-electron chi connectivity index (χ0n) is 6.42. The molecule has 0 radical (unpaired) electrons. The van der Waals surface area contributed by atoms with Gasteiger partial charge in [-0.25, -0.2) is 4.39 Å². The van der Waals surface area contributed by atoms with Crippen molar-refractivity contribution in [2.75, 3.05) is 6.61 Å². The first-order valence-corrected chi connectivity index (χ1v) is 3.63. The standard InChI is InChI=1S/C6H9F4NO2/c7-3-2(1-12)11-5(4(3)13)6(8,9)10/h2-5,11-13H,1H2/t2-,3-,4+,5+/m0/s1. The second kappa shape index (κ2) is 3.39. The van der Waals surface area contributed by atoms with Crippen LogP contribution >= 0.6 is 0 Å². The van der Waals surface area contributed by atoms with E-state index in [0.717, 1.165) is 0 Å². The molecule has 0 amide bonds. The van der Waals surface area contributed by atoms with Gasteiger partial charge in [0.25, 0.3) is 0 Å². The van der Waals surface area contributed by atoms with Crippen LogP contribution < -0.4 is 5.32 Å². The van der Waals surface area contributed by atoms with Crippen LogP contribution in [-0.4, -0.2) is 47.4 Å². The fourth-order valence-corrected chi connectivity index (χ4v) is 1.28. The third kappa shape index (κ3) is 1.92. The Morgan fingerprint density at radius 2 is 1.85 bits per heavy atom. The summed E-state index contributed by atoms with van der Waals surface area (Å²) in [5, 5.41) is 19.1. The highest BCUT2D eigenvalue weighted by molar-refractivity contribution is 5.01. The fourth-order valence-electron chi connectivity index (χ4n) is 1.28. The maximum atomic E-state index is 12.8. The third-order valence-corrected chi connectivity index (χ3v) is 2.00. The van der Waals surface area contributed by atoms with Crippen molar-refractivity contribution < 1.29 is 27.8 Å². The smallest absolute Gasteiger partial charge is 0.395 e. The second-order valence-electron chi connectivity index (χ2n) is 2.91. The van der Waals surface area contributed by atoms with Crippen LogP contribution in [0, 0.1) is 0 Å². The van der Waals surface area contributed by atoms with E-state index in [0.29, 0.717) is 0 Å². The van der Waals surface area contributed by atoms with Gasteiger partial charge in [0.2, 0.25) is 0 Å². The molecule has 1 fully saturated rings. The van der Waals surface area contributed by atoms with Gasteiger partial charge in [-0.3, -0.25) is 5.32 Å². The van der Waals surface area contributed by atoms with Crippen LogP contribution in [0.3, 0.4) is 0 Å². The second-order valence-corrected chi connectivity index (χ2v) is 2.91. The van der Waals surface area contributed by atoms with Gasteiger partial charge in [0, 0.05) is 0 Å². The van der Waals surface area contributed by atoms with Crippen molar-refractivity contribution in [1.82, 2.24) is 5.32 Å². The fraction of sp³-hybridized carbons (Fsp3) is 1.00. The van der Waals surface area contributed by atoms with Gasteiger partial charge >= 0.3 is 6.18 Å². The highest BCUT2D eigenvalue weighted by Gasteiger charge is 2.54. The number of alkyl halides is 4. The van der Waals surface area contributed by atoms with Crippen molar-refractivity contribution in [3.05, 3.63) is 0 Å². The van der Waals surface area contributed by atoms with Crippen molar-refractivity contribution in [1.29, 1.82) is 0 Å². The van der Waals surface area contributed by atoms with Gasteiger partial charge in [-0.2, -0.15) is 13.2 Å². The predicted octanol–water partition coefficient (Wildman–Crippen LogP) is -0.420. The SMILES string of the molecule is OC[C@@H]1N[C@@H](C(F)(F)F)[C@H](O)[C@H]1F. The highest BCUT2D eigenvalue weighted by atomic mass is 19.4. The maximum Gasteiger partial charge on any atom is 0.406 e. The average molecular weight is 203 g/mol. The number of hydrogen-bond acceptors (Lipinski definition) is 3. The maximum absolute atomic E-state index is 12.8. The number of aliphatic hydroxyl groups excluding tert-OH is 2. The summed E-state index contributed by atoms with van der Waals surface area (Å²) in [5.74, 6) is 0. The molecule has 0 aromatic rings. The molecule has 1 saturated heterocycles. The average Bonchev–Trinajstić information content (AvgIpc) is 2.28. The van der Waals surface area contributed by atoms with E-state index in [1.54, 1.807) is 5.32 Å². The molecule has 0 aliphatic carbocycles. The van der Waals surface area contributed by atoms with Crippen molar-refractivity contribution >= 4 is 0 Å². The van der Waals surface area contributed by atoms with Crippen molar-refractivity contribution in [3.63, 3.8) is 0 Å². The Kier molecular flexibility index (Phi) is 2.79. The van der Waals surface area contributed by atoms with E-state index >= 15 is 0 Å². The Bertz CT molecular complexity index is 186. The molecule has 0 spiro atoms. The lowest BCUT2D eigenvalue weighted by atomic mass is 10.1. The molecule has 3 nitrogen and oxygen atoms in total. The van der Waals surface area contributed by atoms with Crippen LogP contribution in [0.25, 0.3) is 0 Å². The van der Waals surface area contributed by atoms with Crippen LogP contribution in [-0.2, 0) is 0 Å². The molecule has 0 bridgehead atoms. The van der Waals surface area contributed by atoms with E-state index in [9.17, 15) is 17.6 Å². The molecule has 1 aliphatic heterocycles. The van der Waals surface area contributed by atoms with E-state index in [-0.39, 0.29) is 0 Å². The van der Waals surface area contributed by atoms with E-state index in [4.69, 9.17) is 10.2 Å². The summed E-state index contributed by atoms with van der Waals surface area (Å²) < 4.78 is 48.9. The summed E-state index contributed by atoms with van der Waals surface area (Å²) in [6.07, 6.45) is -8.93. The summed E-state index contributed by atoms with van der Waals surface area (Å²) in [5.41, 5.74) is 0. The van der Waals surface area contributed by atoms with Crippen LogP contribution in [0.1, 0.15) is 0 Å². The minimum Gasteiger partial charge on any atom is -0.395 e. The molecule has 3 N–H and O–H groups in total. The molecule has 0 saturated carbocycles. The number of halogens is 4. The molecule has 4 atom stereocenters. The van der Waals surface area contributed by atoms with Gasteiger partial charge in [-0.15, -0.1) is 0 Å². The van der Waals surface area contributed by atoms with Crippen LogP contribution in [0.2, 0.25) is 0 Å². The molecule has 1 rings (SSSR count). The molecule has 0 aromatic carbocycles. The van der Waals surface area contributed by atoms with Gasteiger partial charge < -0.3 is 10.2 Å². The largest absolute Gasteiger partial charge is 0.406 e. The first kappa shape index (κ1) is 10.7. The summed E-state index contributed by atoms with van der Waals surface area (Å²) in [4.78, 5) is 0. The highest BCUT2D eigenvalue weighted by Crippen LogP contribution is 2.30. The Hall–Kier alpha value is -0.400. The number of hydrogen-bond donors (Lipinski definition) is 3. The summed E-state index contributed by atoms with van der Waals surface area (Å²) in [6.45, 7) is -0.773. The Morgan fingerprint density at radius 3 is 2.08 bits per heavy atom. The van der Waals surface area contributed by atoms with E-state index in [2.05, 4.69) is 0 Å². The van der Waals surface area contributed by atoms with Crippen LogP contribution in [0.5, 0.6) is 0 Å². The summed E-state index contributed by atoms with van der Waals surface area (Å²) >= 11 is 0. The predicted molar refractivity (Wildman–Crippen MR) is 34.8 cm³/mol. The van der Waals surface area contributed by atoms with Crippen molar-refractivity contribution in [2.45, 2.75) is 30.5 Å². The minimum absolute atomic E-state index is 0.773. The monoisotopic (exact) mass is 203 g/mol. The molecule has 1 heterocycles. The van der Waals surface area contributed by atoms with Crippen LogP contribution in [0.4, 0.5) is 17.6 Å². The molecule has 13 heavy (non-hydrogen) atoms. The van der Waals surface area contributed by atoms with Crippen LogP contribution in [0.15, 0.2) is 0 Å². The Morgan fingerprint density at radius 1 is 1.31 bits per heavy atom. The van der Waals surface area contributed by atoms with Gasteiger partial charge in [-0.1, -0.05) is 0 Å². The Balaban J connectivity index is 2.71. The quantitative estimate of drug-likeness (QED) is 0.507. The molecule has 0 unspecified atom stereocenters. The molecule has 7 heteroatoms. The zero-order valence-corrected chi connectivity index (χ0v) is 6.42. The molecular weight excluding hydrogens is 194 g/mol. The lowest BCUT2D eigenvalue weighted by molar-refractivity contribution is -0.172. The number of nitrogens with one attached hydrogen (secondary N) is 1. The molecular formula is C6H9F4NO2. The van der Waals surface area contributed by atoms with Gasteiger partial charge in [0.1, 0.15) is 18.3 Å². The number of aliphatic hydroxyl groups is 2. The Labute approximate surface area is 71.4 Å². The van der Waals surface area contributed by atoms with E-state index in [1.165, 1.54) is 0 Å². The summed E-state index contributed by atoms with van der Waals surface area (Å²) in [7, 11) is 0. The van der Waals surface area contributed by atoms with Crippen molar-refractivity contribution in [2.24, 2.45) is 0 Å². The first-order chi connectivity index (χ1) is 5.88. The normalized spacial score (nSPS) is 41.1. The number of rotatable bonds is 1. The minimum atomic E-state index is -4.70. The van der Waals surface area contributed by atoms with Gasteiger partial charge in [0.15, 0.2) is 0 Å². The van der Waals surface area contributed by atoms with Gasteiger partial charge in [-0.05, 0) is 0 Å². The lowest BCUT2D eigenvalue weighted by Crippen LogP contribution is -2.46. The lowest BCUT2D eigenvalue weighted by Gasteiger charge is -2.18. The molecule has 78 valence electrons. The molecule has 0 aromatic heterocycles. The first-order valence-electron chi connectivity index (χ1n) is 3.63. The van der Waals surface area contributed by atoms with Crippen molar-refractivity contribution in [3.8, 4) is 0 Å². The zero-order chi connectivity index (χ0) is 10.2.